The fraction of sp³-hybridized carbons (Fsp3) is 0.571. The van der Waals surface area contributed by atoms with Crippen LogP contribution in [-0.4, -0.2) is 26.1 Å². The summed E-state index contributed by atoms with van der Waals surface area (Å²) in [6.45, 7) is 5.72. The lowest BCUT2D eigenvalue weighted by molar-refractivity contribution is -0.274. The lowest BCUT2D eigenvalue weighted by Crippen LogP contribution is -2.19. The molecule has 1 rings (SSSR count). The zero-order valence-electron chi connectivity index (χ0n) is 11.7. The van der Waals surface area contributed by atoms with E-state index in [-0.39, 0.29) is 5.75 Å². The van der Waals surface area contributed by atoms with Crippen LogP contribution >= 0.6 is 0 Å². The summed E-state index contributed by atoms with van der Waals surface area (Å²) in [6.07, 6.45) is -3.72. The van der Waals surface area contributed by atoms with Crippen LogP contribution in [0.1, 0.15) is 20.3 Å². The summed E-state index contributed by atoms with van der Waals surface area (Å²) in [5.74, 6) is 0.339. The number of halogens is 3. The molecule has 0 aromatic heterocycles. The van der Waals surface area contributed by atoms with Gasteiger partial charge in [0, 0.05) is 13.2 Å². The molecule has 0 amide bonds. The van der Waals surface area contributed by atoms with E-state index in [4.69, 9.17) is 4.74 Å². The molecular formula is C14H20F3NO2. The van der Waals surface area contributed by atoms with Crippen molar-refractivity contribution in [2.24, 2.45) is 5.92 Å². The molecule has 3 nitrogen and oxygen atoms in total. The third-order valence-corrected chi connectivity index (χ3v) is 2.51. The summed E-state index contributed by atoms with van der Waals surface area (Å²) in [5, 5.41) is 2.87. The number of nitrogens with one attached hydrogen (secondary N) is 1. The van der Waals surface area contributed by atoms with Crippen LogP contribution < -0.4 is 10.1 Å². The van der Waals surface area contributed by atoms with Crippen LogP contribution in [0.15, 0.2) is 24.3 Å². The molecule has 0 saturated carbocycles. The van der Waals surface area contributed by atoms with E-state index in [1.165, 1.54) is 18.2 Å². The average Bonchev–Trinajstić information content (AvgIpc) is 2.33. The Morgan fingerprint density at radius 1 is 1.15 bits per heavy atom. The fourth-order valence-corrected chi connectivity index (χ4v) is 1.51. The second kappa shape index (κ2) is 7.99. The molecule has 6 heteroatoms. The fourth-order valence-electron chi connectivity index (χ4n) is 1.51. The molecule has 0 saturated heterocycles. The first-order chi connectivity index (χ1) is 9.38. The van der Waals surface area contributed by atoms with Gasteiger partial charge in [-0.1, -0.05) is 26.0 Å². The van der Waals surface area contributed by atoms with Crippen LogP contribution in [-0.2, 0) is 4.74 Å². The van der Waals surface area contributed by atoms with E-state index in [0.717, 1.165) is 6.42 Å². The first-order valence-electron chi connectivity index (χ1n) is 6.55. The molecule has 1 N–H and O–H groups in total. The summed E-state index contributed by atoms with van der Waals surface area (Å²) in [5.41, 5.74) is 0.303. The van der Waals surface area contributed by atoms with E-state index in [1.54, 1.807) is 6.07 Å². The van der Waals surface area contributed by atoms with E-state index in [1.807, 2.05) is 0 Å². The number of rotatable bonds is 8. The van der Waals surface area contributed by atoms with E-state index < -0.39 is 6.36 Å². The van der Waals surface area contributed by atoms with Gasteiger partial charge in [-0.3, -0.25) is 0 Å². The van der Waals surface area contributed by atoms with Crippen molar-refractivity contribution in [3.8, 4) is 5.75 Å². The van der Waals surface area contributed by atoms with Crippen LogP contribution in [0, 0.1) is 5.92 Å². The number of anilines is 1. The topological polar surface area (TPSA) is 30.5 Å². The zero-order chi connectivity index (χ0) is 15.0. The maximum absolute atomic E-state index is 12.2. The number of para-hydroxylation sites is 2. The summed E-state index contributed by atoms with van der Waals surface area (Å²) in [4.78, 5) is 0. The highest BCUT2D eigenvalue weighted by molar-refractivity contribution is 5.56. The van der Waals surface area contributed by atoms with Crippen molar-refractivity contribution in [2.45, 2.75) is 26.6 Å². The summed E-state index contributed by atoms with van der Waals surface area (Å²) in [7, 11) is 0. The number of hydrogen-bond donors (Lipinski definition) is 1. The minimum atomic E-state index is -4.69. The molecule has 0 bridgehead atoms. The summed E-state index contributed by atoms with van der Waals surface area (Å²) in [6, 6.07) is 5.95. The van der Waals surface area contributed by atoms with Gasteiger partial charge in [0.05, 0.1) is 12.3 Å². The van der Waals surface area contributed by atoms with Gasteiger partial charge in [0.2, 0.25) is 0 Å². The van der Waals surface area contributed by atoms with E-state index >= 15 is 0 Å². The highest BCUT2D eigenvalue weighted by atomic mass is 19.4. The molecule has 0 atom stereocenters. The van der Waals surface area contributed by atoms with E-state index in [9.17, 15) is 13.2 Å². The Bertz CT molecular complexity index is 394. The molecule has 20 heavy (non-hydrogen) atoms. The number of benzene rings is 1. The van der Waals surface area contributed by atoms with Gasteiger partial charge in [0.25, 0.3) is 0 Å². The van der Waals surface area contributed by atoms with Crippen LogP contribution in [0.25, 0.3) is 0 Å². The minimum absolute atomic E-state index is 0.234. The second-order valence-corrected chi connectivity index (χ2v) is 4.77. The Labute approximate surface area is 117 Å². The Balaban J connectivity index is 2.36. The van der Waals surface area contributed by atoms with E-state index in [2.05, 4.69) is 23.9 Å². The molecule has 1 aromatic carbocycles. The molecule has 0 spiro atoms. The highest BCUT2D eigenvalue weighted by Crippen LogP contribution is 2.29. The van der Waals surface area contributed by atoms with Crippen LogP contribution in [0.4, 0.5) is 18.9 Å². The van der Waals surface area contributed by atoms with Gasteiger partial charge in [-0.2, -0.15) is 0 Å². The Hall–Kier alpha value is -1.43. The number of ether oxygens (including phenoxy) is 2. The predicted molar refractivity (Wildman–Crippen MR) is 71.9 cm³/mol. The van der Waals surface area contributed by atoms with E-state index in [0.29, 0.717) is 31.4 Å². The van der Waals surface area contributed by atoms with Crippen LogP contribution in [0.2, 0.25) is 0 Å². The van der Waals surface area contributed by atoms with Gasteiger partial charge in [0.15, 0.2) is 5.75 Å². The quantitative estimate of drug-likeness (QED) is 0.733. The lowest BCUT2D eigenvalue weighted by Gasteiger charge is -2.14. The van der Waals surface area contributed by atoms with Crippen molar-refractivity contribution in [3.63, 3.8) is 0 Å². The first-order valence-corrected chi connectivity index (χ1v) is 6.55. The van der Waals surface area contributed by atoms with Crippen molar-refractivity contribution in [1.29, 1.82) is 0 Å². The maximum Gasteiger partial charge on any atom is 0.573 e. The number of alkyl halides is 3. The highest BCUT2D eigenvalue weighted by Gasteiger charge is 2.31. The van der Waals surface area contributed by atoms with Gasteiger partial charge in [-0.15, -0.1) is 13.2 Å². The SMILES string of the molecule is CC(C)CCOCCNc1ccccc1OC(F)(F)F. The van der Waals surface area contributed by atoms with Crippen molar-refractivity contribution in [3.05, 3.63) is 24.3 Å². The lowest BCUT2D eigenvalue weighted by atomic mass is 10.1. The molecule has 0 aliphatic carbocycles. The van der Waals surface area contributed by atoms with Crippen molar-refractivity contribution >= 4 is 5.69 Å². The van der Waals surface area contributed by atoms with Crippen LogP contribution in [0.3, 0.4) is 0 Å². The third kappa shape index (κ3) is 7.23. The number of hydrogen-bond acceptors (Lipinski definition) is 3. The van der Waals surface area contributed by atoms with Gasteiger partial charge in [-0.05, 0) is 24.5 Å². The first kappa shape index (κ1) is 16.6. The molecule has 0 radical (unpaired) electrons. The zero-order valence-corrected chi connectivity index (χ0v) is 11.7. The van der Waals surface area contributed by atoms with Crippen LogP contribution in [0.5, 0.6) is 5.75 Å². The predicted octanol–water partition coefficient (Wildman–Crippen LogP) is 4.06. The molecule has 114 valence electrons. The van der Waals surface area contributed by atoms with Crippen molar-refractivity contribution < 1.29 is 22.6 Å². The Morgan fingerprint density at radius 2 is 1.85 bits per heavy atom. The second-order valence-electron chi connectivity index (χ2n) is 4.77. The Kier molecular flexibility index (Phi) is 6.64. The van der Waals surface area contributed by atoms with Crippen molar-refractivity contribution in [2.75, 3.05) is 25.1 Å². The standard InChI is InChI=1S/C14H20F3NO2/c1-11(2)7-9-19-10-8-18-12-5-3-4-6-13(12)20-14(15,16)17/h3-6,11,18H,7-10H2,1-2H3. The molecule has 0 unspecified atom stereocenters. The largest absolute Gasteiger partial charge is 0.573 e. The average molecular weight is 291 g/mol. The van der Waals surface area contributed by atoms with Gasteiger partial charge in [-0.25, -0.2) is 0 Å². The summed E-state index contributed by atoms with van der Waals surface area (Å²) < 4.78 is 46.0. The molecule has 0 aliphatic heterocycles. The Morgan fingerprint density at radius 3 is 2.50 bits per heavy atom. The molecule has 0 heterocycles. The minimum Gasteiger partial charge on any atom is -0.404 e. The summed E-state index contributed by atoms with van der Waals surface area (Å²) >= 11 is 0. The molecule has 0 fully saturated rings. The van der Waals surface area contributed by atoms with Gasteiger partial charge < -0.3 is 14.8 Å². The van der Waals surface area contributed by atoms with Crippen molar-refractivity contribution in [1.82, 2.24) is 0 Å². The van der Waals surface area contributed by atoms with Gasteiger partial charge in [0.1, 0.15) is 0 Å². The monoisotopic (exact) mass is 291 g/mol. The smallest absolute Gasteiger partial charge is 0.404 e. The molecule has 1 aromatic rings. The normalized spacial score (nSPS) is 11.7. The maximum atomic E-state index is 12.2. The third-order valence-electron chi connectivity index (χ3n) is 2.51. The molecule has 0 aliphatic rings. The van der Waals surface area contributed by atoms with Gasteiger partial charge >= 0.3 is 6.36 Å². The molecular weight excluding hydrogens is 271 g/mol.